The molecule has 33 heavy (non-hydrogen) atoms. The van der Waals surface area contributed by atoms with Crippen molar-refractivity contribution in [3.8, 4) is 5.75 Å². The van der Waals surface area contributed by atoms with E-state index >= 15 is 0 Å². The largest absolute Gasteiger partial charge is 0.554 e. The number of anilines is 1. The zero-order chi connectivity index (χ0) is 24.0. The van der Waals surface area contributed by atoms with Crippen LogP contribution in [0.15, 0.2) is 30.5 Å². The molecular formula is C21H25N7O5. The molecule has 4 aromatic rings. The summed E-state index contributed by atoms with van der Waals surface area (Å²) < 4.78 is 9.43. The Labute approximate surface area is 188 Å². The number of aliphatic hydroxyl groups is 1. The number of imidazole rings is 1. The smallest absolute Gasteiger partial charge is 0.277 e. The zero-order valence-electron chi connectivity index (χ0n) is 18.2. The number of hydrogen-bond donors (Lipinski definition) is 4. The molecule has 0 aliphatic heterocycles. The number of fused-ring (bicyclic) bond motifs is 2. The molecule has 0 atom stereocenters. The first-order valence-electron chi connectivity index (χ1n) is 10.1. The molecule has 174 valence electrons. The molecule has 0 aliphatic rings. The minimum Gasteiger partial charge on any atom is -0.554 e. The maximum atomic E-state index is 12.8. The third-order valence-electron chi connectivity index (χ3n) is 5.06. The number of aromatic nitrogens is 5. The van der Waals surface area contributed by atoms with Crippen LogP contribution >= 0.6 is 0 Å². The molecule has 3 aromatic heterocycles. The van der Waals surface area contributed by atoms with Gasteiger partial charge in [-0.15, -0.1) is 0 Å². The molecule has 1 aromatic carbocycles. The van der Waals surface area contributed by atoms with Crippen molar-refractivity contribution in [3.63, 3.8) is 0 Å². The highest BCUT2D eigenvalue weighted by Gasteiger charge is 2.25. The van der Waals surface area contributed by atoms with E-state index in [1.165, 1.54) is 0 Å². The molecule has 0 saturated carbocycles. The van der Waals surface area contributed by atoms with Gasteiger partial charge in [0.1, 0.15) is 24.4 Å². The average molecular weight is 455 g/mol. The highest BCUT2D eigenvalue weighted by Crippen LogP contribution is 2.21. The lowest BCUT2D eigenvalue weighted by Crippen LogP contribution is -2.42. The van der Waals surface area contributed by atoms with Gasteiger partial charge in [-0.25, -0.2) is 19.1 Å². The molecule has 0 unspecified atom stereocenters. The Morgan fingerprint density at radius 1 is 1.39 bits per heavy atom. The molecule has 0 saturated heterocycles. The van der Waals surface area contributed by atoms with E-state index in [1.807, 2.05) is 29.7 Å². The fourth-order valence-corrected chi connectivity index (χ4v) is 3.69. The van der Waals surface area contributed by atoms with Crippen molar-refractivity contribution < 1.29 is 29.1 Å². The van der Waals surface area contributed by atoms with Crippen LogP contribution in [0.4, 0.5) is 5.82 Å². The van der Waals surface area contributed by atoms with Crippen molar-refractivity contribution >= 4 is 40.4 Å². The standard InChI is InChI=1S/C20H23N7O3.CH2O2/c1-3-26-15-10-12(30-2)4-5-14(15)27(8-9-28)16(26)11-23-20(29)17-18(21)25-19-13(24-17)6-7-22-19;2-1-3/h4-7,10,28H,3,8-9,11H2,1-2H3,(H3-,21,22,23,24,25,29);1H,(H,2,3). The highest BCUT2D eigenvalue weighted by atomic mass is 16.5. The van der Waals surface area contributed by atoms with E-state index < -0.39 is 12.4 Å². The number of nitrogens with zero attached hydrogens (tertiary/aromatic N) is 4. The number of aryl methyl sites for hydroxylation is 1. The summed E-state index contributed by atoms with van der Waals surface area (Å²) in [6, 6.07) is 7.50. The monoisotopic (exact) mass is 455 g/mol. The van der Waals surface area contributed by atoms with Crippen LogP contribution in [0.1, 0.15) is 23.2 Å². The van der Waals surface area contributed by atoms with E-state index in [-0.39, 0.29) is 24.7 Å². The summed E-state index contributed by atoms with van der Waals surface area (Å²) in [5.74, 6) is 1.23. The van der Waals surface area contributed by atoms with E-state index in [1.54, 1.807) is 19.4 Å². The summed E-state index contributed by atoms with van der Waals surface area (Å²) in [5, 5.41) is 20.7. The molecule has 0 aliphatic carbocycles. The summed E-state index contributed by atoms with van der Waals surface area (Å²) in [7, 11) is 1.62. The van der Waals surface area contributed by atoms with Gasteiger partial charge >= 0.3 is 0 Å². The van der Waals surface area contributed by atoms with Gasteiger partial charge in [-0.2, -0.15) is 0 Å². The molecule has 4 rings (SSSR count). The maximum absolute atomic E-state index is 12.8. The number of carboxylic acid groups (broad SMARTS) is 1. The molecule has 1 amide bonds. The van der Waals surface area contributed by atoms with Crippen LogP contribution in [-0.4, -0.2) is 50.7 Å². The van der Waals surface area contributed by atoms with Crippen molar-refractivity contribution in [3.05, 3.63) is 42.0 Å². The van der Waals surface area contributed by atoms with Crippen LogP contribution in [0.5, 0.6) is 5.75 Å². The average Bonchev–Trinajstić information content (AvgIpc) is 3.38. The van der Waals surface area contributed by atoms with Gasteiger partial charge in [0.05, 0.1) is 20.3 Å². The van der Waals surface area contributed by atoms with Gasteiger partial charge < -0.3 is 35.8 Å². The number of aromatic amines is 1. The van der Waals surface area contributed by atoms with Crippen LogP contribution in [0.3, 0.4) is 0 Å². The predicted octanol–water partition coefficient (Wildman–Crippen LogP) is -0.901. The number of aliphatic hydroxyl groups excluding tert-OH is 1. The minimum absolute atomic E-state index is 0.0248. The molecule has 12 nitrogen and oxygen atoms in total. The first kappa shape index (κ1) is 23.5. The fourth-order valence-electron chi connectivity index (χ4n) is 3.69. The van der Waals surface area contributed by atoms with E-state index in [0.717, 1.165) is 22.6 Å². The van der Waals surface area contributed by atoms with E-state index in [9.17, 15) is 9.90 Å². The molecule has 3 heterocycles. The number of nitrogens with two attached hydrogens (primary N) is 1. The van der Waals surface area contributed by atoms with Crippen molar-refractivity contribution in [2.45, 2.75) is 26.6 Å². The number of nitrogens with one attached hydrogen (secondary N) is 2. The number of rotatable bonds is 7. The lowest BCUT2D eigenvalue weighted by Gasteiger charge is -2.07. The normalized spacial score (nSPS) is 10.6. The number of hydrogen-bond acceptors (Lipinski definition) is 8. The number of amides is 1. The Hall–Kier alpha value is -4.19. The van der Waals surface area contributed by atoms with Gasteiger partial charge in [-0.1, -0.05) is 0 Å². The maximum Gasteiger partial charge on any atom is 0.277 e. The molecule has 0 bridgehead atoms. The lowest BCUT2D eigenvalue weighted by atomic mass is 10.3. The summed E-state index contributed by atoms with van der Waals surface area (Å²) >= 11 is 0. The molecule has 5 N–H and O–H groups in total. The number of benzene rings is 1. The van der Waals surface area contributed by atoms with Gasteiger partial charge in [-0.3, -0.25) is 4.79 Å². The Morgan fingerprint density at radius 2 is 2.15 bits per heavy atom. The Kier molecular flexibility index (Phi) is 7.41. The number of methoxy groups -OCH3 is 1. The molecule has 0 fully saturated rings. The second kappa shape index (κ2) is 10.4. The van der Waals surface area contributed by atoms with Crippen molar-refractivity contribution in [1.29, 1.82) is 0 Å². The van der Waals surface area contributed by atoms with Crippen LogP contribution < -0.4 is 25.5 Å². The fraction of sp³-hybridized carbons (Fsp3) is 0.286. The number of carbonyl (C=O) groups is 2. The van der Waals surface area contributed by atoms with Crippen LogP contribution in [0, 0.1) is 0 Å². The van der Waals surface area contributed by atoms with Crippen LogP contribution in [0.25, 0.3) is 22.2 Å². The van der Waals surface area contributed by atoms with E-state index in [0.29, 0.717) is 24.3 Å². The summed E-state index contributed by atoms with van der Waals surface area (Å²) in [6.07, 6.45) is 1.69. The summed E-state index contributed by atoms with van der Waals surface area (Å²) in [6.45, 7) is 2.82. The Balaban J connectivity index is 0.000000968. The van der Waals surface area contributed by atoms with Gasteiger partial charge in [0.15, 0.2) is 28.2 Å². The lowest BCUT2D eigenvalue weighted by molar-refractivity contribution is -0.681. The third kappa shape index (κ3) is 4.70. The Bertz CT molecular complexity index is 1280. The first-order chi connectivity index (χ1) is 16.0. The Morgan fingerprint density at radius 3 is 2.82 bits per heavy atom. The number of nitrogen functional groups attached to an aromatic ring is 1. The van der Waals surface area contributed by atoms with Gasteiger partial charge in [0, 0.05) is 18.7 Å². The van der Waals surface area contributed by atoms with E-state index in [2.05, 4.69) is 24.8 Å². The topological polar surface area (TPSA) is 175 Å². The molecule has 12 heteroatoms. The van der Waals surface area contributed by atoms with Crippen molar-refractivity contribution in [2.24, 2.45) is 0 Å². The third-order valence-corrected chi connectivity index (χ3v) is 5.06. The second-order valence-electron chi connectivity index (χ2n) is 6.84. The highest BCUT2D eigenvalue weighted by molar-refractivity contribution is 5.98. The number of H-pyrrole nitrogens is 1. The van der Waals surface area contributed by atoms with E-state index in [4.69, 9.17) is 20.4 Å². The van der Waals surface area contributed by atoms with Crippen LogP contribution in [0.2, 0.25) is 0 Å². The minimum atomic E-state index is -0.500. The summed E-state index contributed by atoms with van der Waals surface area (Å²) in [5.41, 5.74) is 9.02. The quantitative estimate of drug-likeness (QED) is 0.205. The zero-order valence-corrected chi connectivity index (χ0v) is 18.2. The van der Waals surface area contributed by atoms with Crippen LogP contribution in [-0.2, 0) is 24.4 Å². The molecular weight excluding hydrogens is 430 g/mol. The second-order valence-corrected chi connectivity index (χ2v) is 6.84. The number of ether oxygens (including phenoxy) is 1. The SMILES string of the molecule is CCn1c(CNC(=O)c2nc3cc[nH]c3nc2N)[n+](CCO)c2ccc(OC)cc21.O=C[O-]. The van der Waals surface area contributed by atoms with Gasteiger partial charge in [-0.05, 0) is 25.1 Å². The van der Waals surface area contributed by atoms with Crippen molar-refractivity contribution in [2.75, 3.05) is 19.5 Å². The molecule has 0 radical (unpaired) electrons. The summed E-state index contributed by atoms with van der Waals surface area (Å²) in [4.78, 5) is 32.5. The predicted molar refractivity (Wildman–Crippen MR) is 117 cm³/mol. The first-order valence-corrected chi connectivity index (χ1v) is 10.1. The number of carbonyl (C=O) groups excluding carboxylic acids is 2. The van der Waals surface area contributed by atoms with Crippen molar-refractivity contribution in [1.82, 2.24) is 24.8 Å². The molecule has 0 spiro atoms. The van der Waals surface area contributed by atoms with Gasteiger partial charge in [0.2, 0.25) is 0 Å². The van der Waals surface area contributed by atoms with Gasteiger partial charge in [0.25, 0.3) is 11.7 Å².